The van der Waals surface area contributed by atoms with Crippen LogP contribution in [0.4, 0.5) is 0 Å². The molecule has 2 aliphatic carbocycles. The first kappa shape index (κ1) is 27.8. The molecule has 5 rings (SSSR count). The van der Waals surface area contributed by atoms with Gasteiger partial charge in [0.05, 0.1) is 6.61 Å². The van der Waals surface area contributed by atoms with Gasteiger partial charge >= 0.3 is 5.97 Å². The molecular weight excluding hydrogens is 500 g/mol. The lowest BCUT2D eigenvalue weighted by molar-refractivity contribution is -0.156. The summed E-state index contributed by atoms with van der Waals surface area (Å²) in [6.45, 7) is 4.21. The molecule has 40 heavy (non-hydrogen) atoms. The lowest BCUT2D eigenvalue weighted by Crippen LogP contribution is -2.39. The van der Waals surface area contributed by atoms with E-state index in [0.717, 1.165) is 24.0 Å². The molecule has 2 aliphatic rings. The average Bonchev–Trinajstić information content (AvgIpc) is 3.52. The number of nitrogens with one attached hydrogen (secondary N) is 1. The Morgan fingerprint density at radius 1 is 1.02 bits per heavy atom. The summed E-state index contributed by atoms with van der Waals surface area (Å²) in [7, 11) is 0. The summed E-state index contributed by atoms with van der Waals surface area (Å²) in [6.07, 6.45) is 4.51. The monoisotopic (exact) mass is 538 g/mol. The molecule has 0 aliphatic heterocycles. The quantitative estimate of drug-likeness (QED) is 0.322. The first-order chi connectivity index (χ1) is 19.3. The number of ether oxygens (including phenoxy) is 1. The van der Waals surface area contributed by atoms with Gasteiger partial charge in [-0.1, -0.05) is 86.2 Å². The Labute approximate surface area is 236 Å². The number of hydrogen-bond acceptors (Lipinski definition) is 5. The maximum atomic E-state index is 13.4. The standard InChI is InChI=1S/C34H38N2O4/c1-22(2)17-30(35)33(39)40-31-29-10-6-5-9-27(29)21-34(31,28-18-25-7-3-4-8-26(25)19-28)20-23-11-13-24(14-12-23)32(38)36-15-16-37/h3-14,18,22,30-31,37H,15-17,19-21,35H2,1-2H3,(H,36,38). The van der Waals surface area contributed by atoms with Crippen LogP contribution < -0.4 is 11.1 Å². The zero-order valence-electron chi connectivity index (χ0n) is 23.2. The number of amides is 1. The highest BCUT2D eigenvalue weighted by atomic mass is 16.5. The average molecular weight is 539 g/mol. The van der Waals surface area contributed by atoms with E-state index >= 15 is 0 Å². The first-order valence-electron chi connectivity index (χ1n) is 14.1. The Morgan fingerprint density at radius 2 is 1.73 bits per heavy atom. The molecule has 0 bridgehead atoms. The van der Waals surface area contributed by atoms with Gasteiger partial charge in [0.25, 0.3) is 5.91 Å². The van der Waals surface area contributed by atoms with Crippen LogP contribution in [0.25, 0.3) is 6.08 Å². The molecule has 1 amide bonds. The minimum Gasteiger partial charge on any atom is -0.455 e. The second-order valence-corrected chi connectivity index (χ2v) is 11.5. The zero-order valence-corrected chi connectivity index (χ0v) is 23.2. The van der Waals surface area contributed by atoms with Gasteiger partial charge in [-0.2, -0.15) is 0 Å². The van der Waals surface area contributed by atoms with E-state index in [-0.39, 0.29) is 30.9 Å². The molecule has 6 heteroatoms. The Hall–Kier alpha value is -3.74. The molecule has 3 aromatic rings. The lowest BCUT2D eigenvalue weighted by atomic mass is 9.70. The molecule has 0 radical (unpaired) electrons. The summed E-state index contributed by atoms with van der Waals surface area (Å²) in [4.78, 5) is 25.8. The summed E-state index contributed by atoms with van der Waals surface area (Å²) in [5.74, 6) is -0.307. The van der Waals surface area contributed by atoms with Gasteiger partial charge in [-0.05, 0) is 71.6 Å². The van der Waals surface area contributed by atoms with Crippen LogP contribution in [0.1, 0.15) is 64.5 Å². The smallest absolute Gasteiger partial charge is 0.323 e. The third-order valence-corrected chi connectivity index (χ3v) is 8.15. The molecule has 6 nitrogen and oxygen atoms in total. The van der Waals surface area contributed by atoms with Crippen molar-refractivity contribution in [1.82, 2.24) is 5.32 Å². The molecule has 0 spiro atoms. The fraction of sp³-hybridized carbons (Fsp3) is 0.353. The van der Waals surface area contributed by atoms with E-state index < -0.39 is 17.6 Å². The van der Waals surface area contributed by atoms with Gasteiger partial charge in [-0.3, -0.25) is 9.59 Å². The van der Waals surface area contributed by atoms with Gasteiger partial charge in [0, 0.05) is 17.5 Å². The molecule has 0 saturated carbocycles. The minimum absolute atomic E-state index is 0.106. The minimum atomic E-state index is -0.683. The van der Waals surface area contributed by atoms with Gasteiger partial charge in [0.2, 0.25) is 0 Å². The van der Waals surface area contributed by atoms with Crippen molar-refractivity contribution in [3.8, 4) is 0 Å². The van der Waals surface area contributed by atoms with E-state index in [1.807, 2.05) is 36.4 Å². The number of benzene rings is 3. The molecule has 3 atom stereocenters. The first-order valence-corrected chi connectivity index (χ1v) is 14.1. The largest absolute Gasteiger partial charge is 0.455 e. The van der Waals surface area contributed by atoms with E-state index in [1.54, 1.807) is 0 Å². The number of esters is 1. The highest BCUT2D eigenvalue weighted by Gasteiger charge is 2.51. The van der Waals surface area contributed by atoms with Crippen molar-refractivity contribution < 1.29 is 19.4 Å². The van der Waals surface area contributed by atoms with Crippen LogP contribution in [-0.4, -0.2) is 36.2 Å². The number of nitrogens with two attached hydrogens (primary N) is 1. The molecular formula is C34H38N2O4. The zero-order chi connectivity index (χ0) is 28.3. The topological polar surface area (TPSA) is 102 Å². The molecule has 208 valence electrons. The lowest BCUT2D eigenvalue weighted by Gasteiger charge is -2.38. The maximum absolute atomic E-state index is 13.4. The highest BCUT2D eigenvalue weighted by Crippen LogP contribution is 2.56. The predicted octanol–water partition coefficient (Wildman–Crippen LogP) is 4.79. The summed E-state index contributed by atoms with van der Waals surface area (Å²) >= 11 is 0. The van der Waals surface area contributed by atoms with E-state index in [4.69, 9.17) is 15.6 Å². The van der Waals surface area contributed by atoms with E-state index in [9.17, 15) is 9.59 Å². The Kier molecular flexibility index (Phi) is 8.19. The number of hydrogen-bond donors (Lipinski definition) is 3. The third-order valence-electron chi connectivity index (χ3n) is 8.15. The molecule has 0 aromatic heterocycles. The van der Waals surface area contributed by atoms with E-state index in [2.05, 4.69) is 61.6 Å². The Balaban J connectivity index is 1.54. The molecule has 0 heterocycles. The van der Waals surface area contributed by atoms with Gasteiger partial charge in [-0.15, -0.1) is 0 Å². The van der Waals surface area contributed by atoms with Crippen molar-refractivity contribution in [2.24, 2.45) is 17.1 Å². The van der Waals surface area contributed by atoms with Crippen LogP contribution >= 0.6 is 0 Å². The summed E-state index contributed by atoms with van der Waals surface area (Å²) in [6, 6.07) is 23.6. The van der Waals surface area contributed by atoms with E-state index in [0.29, 0.717) is 18.4 Å². The number of fused-ring (bicyclic) bond motifs is 2. The van der Waals surface area contributed by atoms with Crippen molar-refractivity contribution >= 4 is 18.0 Å². The SMILES string of the molecule is CC(C)CC(N)C(=O)OC1c2ccccc2CC1(Cc1ccc(C(=O)NCCO)cc1)C1=Cc2ccccc2C1. The van der Waals surface area contributed by atoms with Gasteiger partial charge in [0.1, 0.15) is 12.1 Å². The van der Waals surface area contributed by atoms with Crippen LogP contribution in [0.3, 0.4) is 0 Å². The molecule has 3 aromatic carbocycles. The van der Waals surface area contributed by atoms with E-state index in [1.165, 1.54) is 22.3 Å². The van der Waals surface area contributed by atoms with Gasteiger partial charge in [-0.25, -0.2) is 0 Å². The van der Waals surface area contributed by atoms with Crippen LogP contribution in [0.2, 0.25) is 0 Å². The van der Waals surface area contributed by atoms with Gasteiger partial charge in [0.15, 0.2) is 0 Å². The fourth-order valence-corrected chi connectivity index (χ4v) is 6.23. The summed E-state index contributed by atoms with van der Waals surface area (Å²) in [5.41, 5.74) is 13.3. The normalized spacial score (nSPS) is 20.0. The molecule has 0 saturated heterocycles. The number of rotatable bonds is 10. The van der Waals surface area contributed by atoms with Crippen molar-refractivity contribution in [2.75, 3.05) is 13.2 Å². The third kappa shape index (κ3) is 5.60. The van der Waals surface area contributed by atoms with Crippen LogP contribution in [0.5, 0.6) is 0 Å². The van der Waals surface area contributed by atoms with Crippen molar-refractivity contribution in [3.63, 3.8) is 0 Å². The number of aliphatic hydroxyl groups is 1. The Morgan fingerprint density at radius 3 is 2.42 bits per heavy atom. The Bertz CT molecular complexity index is 1410. The second-order valence-electron chi connectivity index (χ2n) is 11.5. The highest BCUT2D eigenvalue weighted by molar-refractivity contribution is 5.94. The summed E-state index contributed by atoms with van der Waals surface area (Å²) < 4.78 is 6.41. The van der Waals surface area contributed by atoms with Crippen molar-refractivity contribution in [1.29, 1.82) is 0 Å². The van der Waals surface area contributed by atoms with Crippen LogP contribution in [0.15, 0.2) is 78.4 Å². The predicted molar refractivity (Wildman–Crippen MR) is 157 cm³/mol. The number of carbonyl (C=O) groups excluding carboxylic acids is 2. The van der Waals surface area contributed by atoms with Crippen LogP contribution in [-0.2, 0) is 28.8 Å². The molecule has 4 N–H and O–H groups in total. The van der Waals surface area contributed by atoms with Crippen molar-refractivity contribution in [3.05, 3.63) is 112 Å². The van der Waals surface area contributed by atoms with Gasteiger partial charge < -0.3 is 20.9 Å². The van der Waals surface area contributed by atoms with Crippen LogP contribution in [0, 0.1) is 11.3 Å². The fourth-order valence-electron chi connectivity index (χ4n) is 6.23. The van der Waals surface area contributed by atoms with Crippen molar-refractivity contribution in [2.45, 2.75) is 51.7 Å². The number of carbonyl (C=O) groups is 2. The second kappa shape index (κ2) is 11.8. The molecule has 0 fully saturated rings. The maximum Gasteiger partial charge on any atom is 0.323 e. The number of aliphatic hydroxyl groups excluding tert-OH is 1. The molecule has 3 unspecified atom stereocenters. The summed E-state index contributed by atoms with van der Waals surface area (Å²) in [5, 5.41) is 11.7.